The summed E-state index contributed by atoms with van der Waals surface area (Å²) < 4.78 is 5.40. The molecule has 0 amide bonds. The van der Waals surface area contributed by atoms with Crippen LogP contribution < -0.4 is 0 Å². The number of hydrogen-bond acceptors (Lipinski definition) is 5. The molecule has 0 spiro atoms. The summed E-state index contributed by atoms with van der Waals surface area (Å²) in [5.41, 5.74) is 1.12. The lowest BCUT2D eigenvalue weighted by Crippen LogP contribution is -2.13. The van der Waals surface area contributed by atoms with E-state index in [4.69, 9.17) is 11.2 Å². The molecule has 2 aromatic rings. The third-order valence-corrected chi connectivity index (χ3v) is 3.20. The molecule has 23 heavy (non-hydrogen) atoms. The van der Waals surface area contributed by atoms with Gasteiger partial charge in [-0.05, 0) is 31.2 Å². The molecule has 1 unspecified atom stereocenters. The first-order chi connectivity index (χ1) is 11.0. The second kappa shape index (κ2) is 7.18. The van der Waals surface area contributed by atoms with Crippen LogP contribution in [0.4, 0.5) is 5.69 Å². The number of ether oxygens (including phenoxy) is 1. The molecule has 0 N–H and O–H groups in total. The second-order valence-electron chi connectivity index (χ2n) is 4.82. The van der Waals surface area contributed by atoms with Crippen molar-refractivity contribution in [3.63, 3.8) is 0 Å². The Bertz CT molecular complexity index is 766. The maximum atomic E-state index is 12.2. The van der Waals surface area contributed by atoms with Crippen molar-refractivity contribution in [3.05, 3.63) is 69.5 Å². The summed E-state index contributed by atoms with van der Waals surface area (Å²) in [7, 11) is 0. The Morgan fingerprint density at radius 1 is 1.43 bits per heavy atom. The molecule has 116 valence electrons. The van der Waals surface area contributed by atoms with Crippen LogP contribution in [-0.4, -0.2) is 15.9 Å². The summed E-state index contributed by atoms with van der Waals surface area (Å²) >= 11 is 0. The summed E-state index contributed by atoms with van der Waals surface area (Å²) in [6.07, 6.45) is 6.43. The average Bonchev–Trinajstić information content (AvgIpc) is 2.54. The lowest BCUT2D eigenvalue weighted by atomic mass is 10.1. The number of pyridine rings is 1. The number of carbonyl (C=O) groups is 1. The molecule has 0 aliphatic carbocycles. The maximum Gasteiger partial charge on any atom is 0.338 e. The molecule has 1 aromatic heterocycles. The summed E-state index contributed by atoms with van der Waals surface area (Å²) in [5.74, 6) is 1.85. The van der Waals surface area contributed by atoms with Crippen molar-refractivity contribution in [2.24, 2.45) is 0 Å². The van der Waals surface area contributed by atoms with Gasteiger partial charge in [0.05, 0.1) is 22.6 Å². The number of nitrogens with zero attached hydrogens (tertiary/aromatic N) is 2. The van der Waals surface area contributed by atoms with Gasteiger partial charge in [-0.25, -0.2) is 4.79 Å². The predicted octanol–water partition coefficient (Wildman–Crippen LogP) is 3.22. The number of hydrogen-bond donors (Lipinski definition) is 0. The Balaban J connectivity index is 2.21. The molecule has 1 heterocycles. The predicted molar refractivity (Wildman–Crippen MR) is 83.7 cm³/mol. The van der Waals surface area contributed by atoms with E-state index < -0.39 is 17.0 Å². The van der Waals surface area contributed by atoms with E-state index in [-0.39, 0.29) is 17.7 Å². The first-order valence-corrected chi connectivity index (χ1v) is 6.83. The summed E-state index contributed by atoms with van der Waals surface area (Å²) in [6.45, 7) is 1.56. The van der Waals surface area contributed by atoms with Gasteiger partial charge in [0.1, 0.15) is 0 Å². The molecule has 0 fully saturated rings. The Labute approximate surface area is 133 Å². The minimum atomic E-state index is -0.663. The first kappa shape index (κ1) is 16.2. The quantitative estimate of drug-likeness (QED) is 0.366. The van der Waals surface area contributed by atoms with Gasteiger partial charge < -0.3 is 4.74 Å². The highest BCUT2D eigenvalue weighted by molar-refractivity contribution is 5.90. The van der Waals surface area contributed by atoms with Crippen LogP contribution in [0.2, 0.25) is 0 Å². The van der Waals surface area contributed by atoms with Gasteiger partial charge >= 0.3 is 5.97 Å². The van der Waals surface area contributed by atoms with Gasteiger partial charge in [0.2, 0.25) is 0 Å². The number of nitro groups is 1. The fourth-order valence-electron chi connectivity index (χ4n) is 2.06. The van der Waals surface area contributed by atoms with Gasteiger partial charge in [-0.3, -0.25) is 15.1 Å². The van der Waals surface area contributed by atoms with Crippen molar-refractivity contribution < 1.29 is 14.5 Å². The normalized spacial score (nSPS) is 11.3. The Hall–Kier alpha value is -3.20. The molecular formula is C17H14N2O4. The third-order valence-electron chi connectivity index (χ3n) is 3.20. The molecule has 0 bridgehead atoms. The standard InChI is InChI=1S/C17H14N2O4/c1-3-6-16(14-7-4-5-10-18-14)23-17(20)13-8-9-15(19(21)22)12(2)11-13/h1,4-5,7-11,16H,6H2,2H3. The summed E-state index contributed by atoms with van der Waals surface area (Å²) in [5, 5.41) is 10.8. The lowest BCUT2D eigenvalue weighted by Gasteiger charge is -2.15. The Morgan fingerprint density at radius 3 is 2.78 bits per heavy atom. The molecule has 0 aliphatic heterocycles. The van der Waals surface area contributed by atoms with Crippen molar-refractivity contribution in [2.75, 3.05) is 0 Å². The van der Waals surface area contributed by atoms with Gasteiger partial charge in [0.25, 0.3) is 5.69 Å². The van der Waals surface area contributed by atoms with Crippen LogP contribution in [0.3, 0.4) is 0 Å². The number of nitro benzene ring substituents is 1. The van der Waals surface area contributed by atoms with E-state index in [2.05, 4.69) is 10.9 Å². The number of terminal acetylenes is 1. The largest absolute Gasteiger partial charge is 0.451 e. The van der Waals surface area contributed by atoms with Crippen LogP contribution in [0.15, 0.2) is 42.6 Å². The van der Waals surface area contributed by atoms with Crippen LogP contribution >= 0.6 is 0 Å². The fourth-order valence-corrected chi connectivity index (χ4v) is 2.06. The summed E-state index contributed by atoms with van der Waals surface area (Å²) in [4.78, 5) is 26.7. The van der Waals surface area contributed by atoms with Crippen molar-refractivity contribution >= 4 is 11.7 Å². The van der Waals surface area contributed by atoms with E-state index in [1.807, 2.05) is 0 Å². The van der Waals surface area contributed by atoms with Gasteiger partial charge in [-0.1, -0.05) is 6.07 Å². The van der Waals surface area contributed by atoms with Crippen molar-refractivity contribution in [2.45, 2.75) is 19.4 Å². The van der Waals surface area contributed by atoms with Gasteiger partial charge in [0, 0.05) is 17.8 Å². The van der Waals surface area contributed by atoms with E-state index in [9.17, 15) is 14.9 Å². The summed E-state index contributed by atoms with van der Waals surface area (Å²) in [6, 6.07) is 9.30. The highest BCUT2D eigenvalue weighted by Crippen LogP contribution is 2.23. The number of rotatable bonds is 5. The lowest BCUT2D eigenvalue weighted by molar-refractivity contribution is -0.385. The molecule has 1 atom stereocenters. The zero-order valence-corrected chi connectivity index (χ0v) is 12.4. The number of esters is 1. The zero-order chi connectivity index (χ0) is 16.8. The molecule has 2 rings (SSSR count). The molecule has 0 saturated carbocycles. The molecule has 0 aliphatic rings. The number of benzene rings is 1. The second-order valence-corrected chi connectivity index (χ2v) is 4.82. The van der Waals surface area contributed by atoms with Gasteiger partial charge in [-0.15, -0.1) is 12.3 Å². The zero-order valence-electron chi connectivity index (χ0n) is 12.4. The van der Waals surface area contributed by atoms with E-state index in [1.165, 1.54) is 18.2 Å². The monoisotopic (exact) mass is 310 g/mol. The van der Waals surface area contributed by atoms with Crippen molar-refractivity contribution in [3.8, 4) is 12.3 Å². The maximum absolute atomic E-state index is 12.2. The van der Waals surface area contributed by atoms with Crippen molar-refractivity contribution in [1.82, 2.24) is 4.98 Å². The van der Waals surface area contributed by atoms with Crippen LogP contribution in [-0.2, 0) is 4.74 Å². The average molecular weight is 310 g/mol. The molecule has 0 radical (unpaired) electrons. The van der Waals surface area contributed by atoms with Crippen LogP contribution in [0.5, 0.6) is 0 Å². The van der Waals surface area contributed by atoms with E-state index >= 15 is 0 Å². The van der Waals surface area contributed by atoms with Crippen LogP contribution in [0, 0.1) is 29.4 Å². The smallest absolute Gasteiger partial charge is 0.338 e. The minimum absolute atomic E-state index is 0.0496. The van der Waals surface area contributed by atoms with Crippen LogP contribution in [0.25, 0.3) is 0 Å². The molecule has 1 aromatic carbocycles. The van der Waals surface area contributed by atoms with E-state index in [0.717, 1.165) is 0 Å². The molecule has 6 nitrogen and oxygen atoms in total. The fraction of sp³-hybridized carbons (Fsp3) is 0.176. The van der Waals surface area contributed by atoms with Crippen LogP contribution in [0.1, 0.15) is 34.1 Å². The molecule has 0 saturated heterocycles. The van der Waals surface area contributed by atoms with Gasteiger partial charge in [0.15, 0.2) is 6.10 Å². The minimum Gasteiger partial charge on any atom is -0.451 e. The Kier molecular flexibility index (Phi) is 5.05. The topological polar surface area (TPSA) is 82.3 Å². The van der Waals surface area contributed by atoms with Gasteiger partial charge in [-0.2, -0.15) is 0 Å². The number of aryl methyl sites for hydroxylation is 1. The third kappa shape index (κ3) is 3.92. The number of aromatic nitrogens is 1. The van der Waals surface area contributed by atoms with Crippen molar-refractivity contribution in [1.29, 1.82) is 0 Å². The Morgan fingerprint density at radius 2 is 2.22 bits per heavy atom. The SMILES string of the molecule is C#CCC(OC(=O)c1ccc([N+](=O)[O-])c(C)c1)c1ccccn1. The highest BCUT2D eigenvalue weighted by Gasteiger charge is 2.20. The van der Waals surface area contributed by atoms with E-state index in [0.29, 0.717) is 11.3 Å². The molecular weight excluding hydrogens is 296 g/mol. The first-order valence-electron chi connectivity index (χ1n) is 6.83. The highest BCUT2D eigenvalue weighted by atomic mass is 16.6. The number of carbonyl (C=O) groups excluding carboxylic acids is 1. The van der Waals surface area contributed by atoms with E-state index in [1.54, 1.807) is 31.3 Å². The molecule has 6 heteroatoms.